The molecule has 1 fully saturated rings. The lowest BCUT2D eigenvalue weighted by Crippen LogP contribution is -2.51. The molecule has 1 N–H and O–H groups in total. The van der Waals surface area contributed by atoms with Gasteiger partial charge in [0.1, 0.15) is 11.8 Å². The molecule has 1 amide bonds. The summed E-state index contributed by atoms with van der Waals surface area (Å²) in [5.41, 5.74) is 1.54. The van der Waals surface area contributed by atoms with Gasteiger partial charge in [0.05, 0.1) is 12.0 Å². The van der Waals surface area contributed by atoms with Crippen LogP contribution in [-0.2, 0) is 14.8 Å². The van der Waals surface area contributed by atoms with Crippen LogP contribution >= 0.6 is 0 Å². The van der Waals surface area contributed by atoms with Crippen LogP contribution in [0.4, 0.5) is 5.69 Å². The zero-order valence-electron chi connectivity index (χ0n) is 18.4. The van der Waals surface area contributed by atoms with Crippen molar-refractivity contribution in [2.24, 2.45) is 0 Å². The van der Waals surface area contributed by atoms with Gasteiger partial charge in [-0.1, -0.05) is 48.5 Å². The fourth-order valence-corrected chi connectivity index (χ4v) is 5.44. The topological polar surface area (TPSA) is 79.0 Å². The first-order chi connectivity index (χ1) is 16.0. The van der Waals surface area contributed by atoms with Crippen molar-refractivity contribution in [3.05, 3.63) is 90.5 Å². The Kier molecular flexibility index (Phi) is 7.08. The van der Waals surface area contributed by atoms with E-state index in [0.29, 0.717) is 37.6 Å². The summed E-state index contributed by atoms with van der Waals surface area (Å²) in [6.07, 6.45) is 0. The molecule has 0 saturated carbocycles. The van der Waals surface area contributed by atoms with E-state index in [4.69, 9.17) is 4.74 Å². The van der Waals surface area contributed by atoms with Gasteiger partial charge in [-0.25, -0.2) is 8.42 Å². The summed E-state index contributed by atoms with van der Waals surface area (Å²) in [5.74, 6) is 0.550. The monoisotopic (exact) mass is 465 g/mol. The van der Waals surface area contributed by atoms with Crippen molar-refractivity contribution in [1.82, 2.24) is 9.21 Å². The molecule has 1 aliphatic rings. The highest BCUT2D eigenvalue weighted by molar-refractivity contribution is 7.89. The standard InChI is InChI=1S/C25H27N3O4S/c1-32-22-14-12-21(13-15-22)26-25(29)24(20-8-4-2-5-9-20)27-16-18-28(19-17-27)33(30,31)23-10-6-3-7-11-23/h2-15,24H,16-19H2,1H3,(H,26,29). The number of anilines is 1. The fraction of sp³-hybridized carbons (Fsp3) is 0.240. The smallest absolute Gasteiger partial charge is 0.246 e. The van der Waals surface area contributed by atoms with Crippen molar-refractivity contribution in [3.63, 3.8) is 0 Å². The maximum absolute atomic E-state index is 13.4. The zero-order chi connectivity index (χ0) is 23.3. The van der Waals surface area contributed by atoms with E-state index in [-0.39, 0.29) is 10.8 Å². The summed E-state index contributed by atoms with van der Waals surface area (Å²) < 4.78 is 32.6. The lowest BCUT2D eigenvalue weighted by molar-refractivity contribution is -0.122. The van der Waals surface area contributed by atoms with Gasteiger partial charge < -0.3 is 10.1 Å². The molecule has 172 valence electrons. The number of benzene rings is 3. The van der Waals surface area contributed by atoms with E-state index in [9.17, 15) is 13.2 Å². The molecule has 33 heavy (non-hydrogen) atoms. The molecular formula is C25H27N3O4S. The number of nitrogens with one attached hydrogen (secondary N) is 1. The third kappa shape index (κ3) is 5.24. The number of carbonyl (C=O) groups excluding carboxylic acids is 1. The average molecular weight is 466 g/mol. The average Bonchev–Trinajstić information content (AvgIpc) is 2.86. The van der Waals surface area contributed by atoms with Gasteiger partial charge in [-0.3, -0.25) is 9.69 Å². The van der Waals surface area contributed by atoms with E-state index in [2.05, 4.69) is 5.32 Å². The second-order valence-corrected chi connectivity index (χ2v) is 9.72. The first-order valence-corrected chi connectivity index (χ1v) is 12.2. The van der Waals surface area contributed by atoms with Crippen LogP contribution in [-0.4, -0.2) is 56.8 Å². The minimum Gasteiger partial charge on any atom is -0.497 e. The molecule has 8 heteroatoms. The van der Waals surface area contributed by atoms with E-state index in [1.54, 1.807) is 61.7 Å². The van der Waals surface area contributed by atoms with Crippen LogP contribution < -0.4 is 10.1 Å². The van der Waals surface area contributed by atoms with Gasteiger partial charge in [0.25, 0.3) is 0 Å². The Hall–Kier alpha value is -3.20. The van der Waals surface area contributed by atoms with Crippen LogP contribution in [0.25, 0.3) is 0 Å². The van der Waals surface area contributed by atoms with E-state index < -0.39 is 16.1 Å². The highest BCUT2D eigenvalue weighted by Gasteiger charge is 2.34. The molecule has 3 aromatic rings. The van der Waals surface area contributed by atoms with Crippen molar-refractivity contribution in [2.45, 2.75) is 10.9 Å². The largest absolute Gasteiger partial charge is 0.497 e. The summed E-state index contributed by atoms with van der Waals surface area (Å²) in [5, 5.41) is 2.99. The van der Waals surface area contributed by atoms with Crippen molar-refractivity contribution in [3.8, 4) is 5.75 Å². The summed E-state index contributed by atoms with van der Waals surface area (Å²) in [6.45, 7) is 1.52. The maximum Gasteiger partial charge on any atom is 0.246 e. The Bertz CT molecular complexity index is 1160. The molecule has 4 rings (SSSR count). The van der Waals surface area contributed by atoms with Crippen molar-refractivity contribution >= 4 is 21.6 Å². The highest BCUT2D eigenvalue weighted by atomic mass is 32.2. The van der Waals surface area contributed by atoms with Crippen LogP contribution in [0.15, 0.2) is 89.8 Å². The van der Waals surface area contributed by atoms with Crippen LogP contribution in [0, 0.1) is 0 Å². The summed E-state index contributed by atoms with van der Waals surface area (Å²) >= 11 is 0. The van der Waals surface area contributed by atoms with Gasteiger partial charge >= 0.3 is 0 Å². The Labute approximate surface area is 194 Å². The lowest BCUT2D eigenvalue weighted by atomic mass is 10.0. The van der Waals surface area contributed by atoms with Gasteiger partial charge in [0, 0.05) is 31.9 Å². The Morgan fingerprint density at radius 1 is 0.848 bits per heavy atom. The molecular weight excluding hydrogens is 438 g/mol. The third-order valence-electron chi connectivity index (χ3n) is 5.74. The molecule has 1 unspecified atom stereocenters. The lowest BCUT2D eigenvalue weighted by Gasteiger charge is -2.38. The molecule has 1 atom stereocenters. The molecule has 0 spiro atoms. The number of amides is 1. The van der Waals surface area contributed by atoms with E-state index >= 15 is 0 Å². The number of piperazine rings is 1. The fourth-order valence-electron chi connectivity index (χ4n) is 3.99. The van der Waals surface area contributed by atoms with E-state index in [1.807, 2.05) is 35.2 Å². The Morgan fingerprint density at radius 2 is 1.42 bits per heavy atom. The number of hydrogen-bond donors (Lipinski definition) is 1. The van der Waals surface area contributed by atoms with Crippen LogP contribution in [0.1, 0.15) is 11.6 Å². The molecule has 1 aliphatic heterocycles. The van der Waals surface area contributed by atoms with E-state index in [1.165, 1.54) is 4.31 Å². The number of ether oxygens (including phenoxy) is 1. The zero-order valence-corrected chi connectivity index (χ0v) is 19.2. The number of hydrogen-bond acceptors (Lipinski definition) is 5. The highest BCUT2D eigenvalue weighted by Crippen LogP contribution is 2.26. The van der Waals surface area contributed by atoms with Crippen LogP contribution in [0.5, 0.6) is 5.75 Å². The minimum atomic E-state index is -3.56. The van der Waals surface area contributed by atoms with E-state index in [0.717, 1.165) is 5.56 Å². The van der Waals surface area contributed by atoms with Crippen LogP contribution in [0.3, 0.4) is 0 Å². The van der Waals surface area contributed by atoms with Gasteiger partial charge in [0.2, 0.25) is 15.9 Å². The van der Waals surface area contributed by atoms with Crippen molar-refractivity contribution in [2.75, 3.05) is 38.6 Å². The summed E-state index contributed by atoms with van der Waals surface area (Å²) in [6, 6.07) is 24.6. The van der Waals surface area contributed by atoms with Gasteiger partial charge in [0.15, 0.2) is 0 Å². The van der Waals surface area contributed by atoms with Gasteiger partial charge in [-0.2, -0.15) is 4.31 Å². The molecule has 1 saturated heterocycles. The molecule has 0 bridgehead atoms. The Balaban J connectivity index is 1.51. The predicted molar refractivity (Wildman–Crippen MR) is 128 cm³/mol. The Morgan fingerprint density at radius 3 is 2.00 bits per heavy atom. The molecule has 0 radical (unpaired) electrons. The number of methoxy groups -OCH3 is 1. The van der Waals surface area contributed by atoms with Crippen LogP contribution in [0.2, 0.25) is 0 Å². The minimum absolute atomic E-state index is 0.161. The molecule has 0 aromatic heterocycles. The molecule has 0 aliphatic carbocycles. The second kappa shape index (κ2) is 10.2. The second-order valence-electron chi connectivity index (χ2n) is 7.78. The van der Waals surface area contributed by atoms with Gasteiger partial charge in [-0.05, 0) is 42.0 Å². The first kappa shape index (κ1) is 23.0. The number of carbonyl (C=O) groups is 1. The maximum atomic E-state index is 13.4. The molecule has 7 nitrogen and oxygen atoms in total. The molecule has 1 heterocycles. The SMILES string of the molecule is COc1ccc(NC(=O)C(c2ccccc2)N2CCN(S(=O)(=O)c3ccccc3)CC2)cc1. The summed E-state index contributed by atoms with van der Waals surface area (Å²) in [7, 11) is -1.96. The van der Waals surface area contributed by atoms with Crippen molar-refractivity contribution < 1.29 is 17.9 Å². The summed E-state index contributed by atoms with van der Waals surface area (Å²) in [4.78, 5) is 15.7. The third-order valence-corrected chi connectivity index (χ3v) is 7.65. The number of sulfonamides is 1. The normalized spacial score (nSPS) is 16.2. The number of nitrogens with zero attached hydrogens (tertiary/aromatic N) is 2. The quantitative estimate of drug-likeness (QED) is 0.579. The predicted octanol–water partition coefficient (Wildman–Crippen LogP) is 3.38. The van der Waals surface area contributed by atoms with Gasteiger partial charge in [-0.15, -0.1) is 0 Å². The van der Waals surface area contributed by atoms with Crippen molar-refractivity contribution in [1.29, 1.82) is 0 Å². The first-order valence-electron chi connectivity index (χ1n) is 10.8. The number of rotatable bonds is 7. The molecule has 3 aromatic carbocycles.